The van der Waals surface area contributed by atoms with Crippen molar-refractivity contribution in [1.29, 1.82) is 0 Å². The number of carbonyl (C=O) groups excluding carboxylic acids is 1. The van der Waals surface area contributed by atoms with Crippen LogP contribution in [0, 0.1) is 5.82 Å². The quantitative estimate of drug-likeness (QED) is 0.803. The number of amides is 1. The molecule has 2 rings (SSSR count). The minimum Gasteiger partial charge on any atom is -0.363 e. The normalized spacial score (nSPS) is 16.7. The van der Waals surface area contributed by atoms with E-state index >= 15 is 0 Å². The predicted molar refractivity (Wildman–Crippen MR) is 70.3 cm³/mol. The first-order chi connectivity index (χ1) is 9.07. The van der Waals surface area contributed by atoms with Gasteiger partial charge in [0.25, 0.3) is 0 Å². The largest absolute Gasteiger partial charge is 0.363 e. The van der Waals surface area contributed by atoms with Gasteiger partial charge in [-0.1, -0.05) is 12.1 Å². The molecule has 1 heterocycles. The number of hydrogen-bond acceptors (Lipinski definition) is 3. The van der Waals surface area contributed by atoms with Crippen LogP contribution < -0.4 is 10.6 Å². The van der Waals surface area contributed by atoms with E-state index < -0.39 is 0 Å². The minimum absolute atomic E-state index is 0.0849. The first kappa shape index (κ1) is 14.0. The number of ether oxygens (including phenoxy) is 1. The zero-order valence-electron chi connectivity index (χ0n) is 11.0. The van der Waals surface area contributed by atoms with Gasteiger partial charge in [-0.15, -0.1) is 0 Å². The highest BCUT2D eigenvalue weighted by Gasteiger charge is 2.32. The fourth-order valence-corrected chi connectivity index (χ4v) is 1.87. The smallest absolute Gasteiger partial charge is 0.246 e. The summed E-state index contributed by atoms with van der Waals surface area (Å²) in [6.45, 7) is 4.17. The van der Waals surface area contributed by atoms with Gasteiger partial charge in [0.15, 0.2) is 0 Å². The molecule has 1 aromatic rings. The van der Waals surface area contributed by atoms with Crippen molar-refractivity contribution in [1.82, 2.24) is 10.6 Å². The van der Waals surface area contributed by atoms with Crippen molar-refractivity contribution in [2.24, 2.45) is 0 Å². The molecule has 1 saturated heterocycles. The Morgan fingerprint density at radius 2 is 2.11 bits per heavy atom. The molecule has 1 aromatic carbocycles. The fraction of sp³-hybridized carbons (Fsp3) is 0.500. The van der Waals surface area contributed by atoms with Gasteiger partial charge >= 0.3 is 0 Å². The lowest BCUT2D eigenvalue weighted by atomic mass is 10.0. The Hall–Kier alpha value is -1.46. The first-order valence-corrected chi connectivity index (χ1v) is 6.43. The Morgan fingerprint density at radius 3 is 2.68 bits per heavy atom. The summed E-state index contributed by atoms with van der Waals surface area (Å²) in [4.78, 5) is 11.6. The Labute approximate surface area is 112 Å². The summed E-state index contributed by atoms with van der Waals surface area (Å²) in [5.41, 5.74) is 0.798. The fourth-order valence-electron chi connectivity index (χ4n) is 1.87. The van der Waals surface area contributed by atoms with Crippen LogP contribution >= 0.6 is 0 Å². The predicted octanol–water partition coefficient (Wildman–Crippen LogP) is 0.863. The number of nitrogens with one attached hydrogen (secondary N) is 2. The zero-order valence-corrected chi connectivity index (χ0v) is 11.0. The highest BCUT2D eigenvalue weighted by Crippen LogP contribution is 2.14. The monoisotopic (exact) mass is 266 g/mol. The van der Waals surface area contributed by atoms with Crippen LogP contribution in [-0.2, 0) is 16.0 Å². The average molecular weight is 266 g/mol. The lowest BCUT2D eigenvalue weighted by Crippen LogP contribution is -2.59. The van der Waals surface area contributed by atoms with Gasteiger partial charge in [0.2, 0.25) is 5.91 Å². The van der Waals surface area contributed by atoms with Crippen LogP contribution in [0.2, 0.25) is 0 Å². The molecule has 1 amide bonds. The van der Waals surface area contributed by atoms with E-state index in [-0.39, 0.29) is 23.9 Å². The number of rotatable bonds is 6. The summed E-state index contributed by atoms with van der Waals surface area (Å²) >= 11 is 0. The molecule has 0 spiro atoms. The average Bonchev–Trinajstić information content (AvgIpc) is 2.36. The van der Waals surface area contributed by atoms with Gasteiger partial charge in [0.1, 0.15) is 12.4 Å². The Morgan fingerprint density at radius 1 is 1.42 bits per heavy atom. The number of benzene rings is 1. The van der Waals surface area contributed by atoms with E-state index in [1.807, 2.05) is 6.92 Å². The van der Waals surface area contributed by atoms with Crippen LogP contribution in [0.5, 0.6) is 0 Å². The third kappa shape index (κ3) is 4.29. The lowest BCUT2D eigenvalue weighted by molar-refractivity contribution is -0.135. The summed E-state index contributed by atoms with van der Waals surface area (Å²) in [7, 11) is 0. The van der Waals surface area contributed by atoms with Gasteiger partial charge in [-0.2, -0.15) is 0 Å². The molecule has 5 heteroatoms. The molecule has 104 valence electrons. The molecule has 19 heavy (non-hydrogen) atoms. The Bertz CT molecular complexity index is 430. The maximum absolute atomic E-state index is 12.7. The van der Waals surface area contributed by atoms with Crippen LogP contribution in [0.4, 0.5) is 4.39 Å². The molecule has 0 saturated carbocycles. The maximum atomic E-state index is 12.7. The first-order valence-electron chi connectivity index (χ1n) is 6.43. The summed E-state index contributed by atoms with van der Waals surface area (Å²) in [6.07, 6.45) is 0.685. The van der Waals surface area contributed by atoms with E-state index in [1.54, 1.807) is 12.1 Å². The second-order valence-electron chi connectivity index (χ2n) is 5.07. The standard InChI is InChI=1S/C14H19FN2O2/c1-14(9-16-10-14)19-8-13(18)17-7-6-11-2-4-12(15)5-3-11/h2-5,16H,6-10H2,1H3,(H,17,18). The van der Waals surface area contributed by atoms with Crippen molar-refractivity contribution in [3.8, 4) is 0 Å². The van der Waals surface area contributed by atoms with Crippen LogP contribution in [-0.4, -0.2) is 37.7 Å². The molecule has 0 atom stereocenters. The second-order valence-corrected chi connectivity index (χ2v) is 5.07. The number of halogens is 1. The molecule has 2 N–H and O–H groups in total. The van der Waals surface area contributed by atoms with Crippen molar-refractivity contribution in [2.45, 2.75) is 18.9 Å². The number of carbonyl (C=O) groups is 1. The highest BCUT2D eigenvalue weighted by molar-refractivity contribution is 5.77. The van der Waals surface area contributed by atoms with Crippen molar-refractivity contribution >= 4 is 5.91 Å². The lowest BCUT2D eigenvalue weighted by Gasteiger charge is -2.38. The van der Waals surface area contributed by atoms with E-state index in [0.717, 1.165) is 18.7 Å². The van der Waals surface area contributed by atoms with Crippen molar-refractivity contribution in [3.63, 3.8) is 0 Å². The second kappa shape index (κ2) is 6.12. The van der Waals surface area contributed by atoms with Gasteiger partial charge in [-0.05, 0) is 31.0 Å². The molecule has 1 aliphatic heterocycles. The van der Waals surface area contributed by atoms with Crippen molar-refractivity contribution in [3.05, 3.63) is 35.6 Å². The van der Waals surface area contributed by atoms with Gasteiger partial charge in [-0.25, -0.2) is 4.39 Å². The maximum Gasteiger partial charge on any atom is 0.246 e. The van der Waals surface area contributed by atoms with E-state index in [9.17, 15) is 9.18 Å². The van der Waals surface area contributed by atoms with Crippen LogP contribution in [0.15, 0.2) is 24.3 Å². The third-order valence-electron chi connectivity index (χ3n) is 3.20. The van der Waals surface area contributed by atoms with Crippen LogP contribution in [0.25, 0.3) is 0 Å². The van der Waals surface area contributed by atoms with Gasteiger partial charge in [0.05, 0.1) is 5.60 Å². The highest BCUT2D eigenvalue weighted by atomic mass is 19.1. The van der Waals surface area contributed by atoms with Gasteiger partial charge in [-0.3, -0.25) is 4.79 Å². The Balaban J connectivity index is 1.62. The molecular weight excluding hydrogens is 247 g/mol. The molecule has 0 radical (unpaired) electrons. The van der Waals surface area contributed by atoms with E-state index in [1.165, 1.54) is 12.1 Å². The molecule has 1 fully saturated rings. The van der Waals surface area contributed by atoms with E-state index in [0.29, 0.717) is 13.0 Å². The molecule has 0 aliphatic carbocycles. The SMILES string of the molecule is CC1(OCC(=O)NCCc2ccc(F)cc2)CNC1. The molecule has 0 unspecified atom stereocenters. The molecule has 4 nitrogen and oxygen atoms in total. The molecule has 0 bridgehead atoms. The third-order valence-corrected chi connectivity index (χ3v) is 3.20. The topological polar surface area (TPSA) is 50.4 Å². The summed E-state index contributed by atoms with van der Waals surface area (Å²) in [6, 6.07) is 6.29. The van der Waals surface area contributed by atoms with Gasteiger partial charge in [0, 0.05) is 19.6 Å². The summed E-state index contributed by atoms with van der Waals surface area (Å²) < 4.78 is 18.2. The van der Waals surface area contributed by atoms with Gasteiger partial charge < -0.3 is 15.4 Å². The van der Waals surface area contributed by atoms with Crippen LogP contribution in [0.1, 0.15) is 12.5 Å². The molecule has 1 aliphatic rings. The van der Waals surface area contributed by atoms with E-state index in [2.05, 4.69) is 10.6 Å². The zero-order chi connectivity index (χ0) is 13.7. The van der Waals surface area contributed by atoms with Crippen molar-refractivity contribution < 1.29 is 13.9 Å². The summed E-state index contributed by atoms with van der Waals surface area (Å²) in [5.74, 6) is -0.362. The minimum atomic E-state index is -0.247. The molecular formula is C14H19FN2O2. The van der Waals surface area contributed by atoms with E-state index in [4.69, 9.17) is 4.74 Å². The van der Waals surface area contributed by atoms with Crippen LogP contribution in [0.3, 0.4) is 0 Å². The molecule has 0 aromatic heterocycles. The summed E-state index contributed by atoms with van der Waals surface area (Å²) in [5, 5.41) is 5.90. The van der Waals surface area contributed by atoms with Crippen molar-refractivity contribution in [2.75, 3.05) is 26.2 Å². The number of hydrogen-bond donors (Lipinski definition) is 2. The Kier molecular flexibility index (Phi) is 4.50.